The zero-order valence-corrected chi connectivity index (χ0v) is 60.0. The van der Waals surface area contributed by atoms with Gasteiger partial charge in [-0.15, -0.1) is 0 Å². The van der Waals surface area contributed by atoms with Crippen molar-refractivity contribution in [1.29, 1.82) is 10.5 Å². The molecule has 5 rings (SSSR count). The first-order valence-electron chi connectivity index (χ1n) is 39.1. The van der Waals surface area contributed by atoms with Crippen LogP contribution < -0.4 is 28.4 Å². The topological polar surface area (TPSA) is 103 Å². The zero-order chi connectivity index (χ0) is 65.3. The van der Waals surface area contributed by atoms with Crippen LogP contribution in [0, 0.1) is 22.7 Å². The normalized spacial score (nSPS) is 11.5. The maximum absolute atomic E-state index is 11.5. The SMILES string of the molecule is CCCCCCCCCCOc1cc2c3cc(OCCCCCCCCCC)c(OCCCCCCCCCC)cc3c3cc4c(C#N)c(OCCCCCCCCCC)c(OCCCCCCCCCC)c(C#N)c4cc3c2cc1OCCCCCCCCCC. The fourth-order valence-corrected chi connectivity index (χ4v) is 13.4. The van der Waals surface area contributed by atoms with Gasteiger partial charge in [0.05, 0.1) is 39.6 Å². The molecule has 0 saturated heterocycles. The van der Waals surface area contributed by atoms with Crippen LogP contribution in [0.4, 0.5) is 0 Å². The van der Waals surface area contributed by atoms with Gasteiger partial charge in [0.25, 0.3) is 0 Å². The van der Waals surface area contributed by atoms with E-state index in [4.69, 9.17) is 28.4 Å². The zero-order valence-electron chi connectivity index (χ0n) is 60.0. The summed E-state index contributed by atoms with van der Waals surface area (Å²) in [4.78, 5) is 0. The highest BCUT2D eigenvalue weighted by atomic mass is 16.5. The third-order valence-corrected chi connectivity index (χ3v) is 19.1. The molecule has 0 amide bonds. The maximum atomic E-state index is 11.5. The third kappa shape index (κ3) is 28.5. The van der Waals surface area contributed by atoms with Crippen LogP contribution in [0.5, 0.6) is 34.5 Å². The maximum Gasteiger partial charge on any atom is 0.180 e. The molecule has 0 atom stereocenters. The summed E-state index contributed by atoms with van der Waals surface area (Å²) in [6.45, 7) is 17.0. The second-order valence-corrected chi connectivity index (χ2v) is 27.2. The molecule has 8 heteroatoms. The fourth-order valence-electron chi connectivity index (χ4n) is 13.4. The van der Waals surface area contributed by atoms with Crippen LogP contribution in [-0.2, 0) is 0 Å². The molecule has 0 radical (unpaired) electrons. The van der Waals surface area contributed by atoms with Crippen LogP contribution in [0.3, 0.4) is 0 Å². The average Bonchev–Trinajstić information content (AvgIpc) is 0.722. The van der Waals surface area contributed by atoms with Gasteiger partial charge in [0.15, 0.2) is 34.5 Å². The van der Waals surface area contributed by atoms with E-state index in [1.54, 1.807) is 0 Å². The smallest absolute Gasteiger partial charge is 0.180 e. The third-order valence-electron chi connectivity index (χ3n) is 19.1. The van der Waals surface area contributed by atoms with E-state index >= 15 is 0 Å². The van der Waals surface area contributed by atoms with E-state index in [-0.39, 0.29) is 0 Å². The Morgan fingerprint density at radius 1 is 0.207 bits per heavy atom. The molecule has 5 aromatic carbocycles. The number of hydrogen-bond acceptors (Lipinski definition) is 8. The number of fused-ring (bicyclic) bond motifs is 7. The largest absolute Gasteiger partial charge is 0.490 e. The number of nitriles is 2. The lowest BCUT2D eigenvalue weighted by Gasteiger charge is -2.21. The molecule has 0 saturated carbocycles. The lowest BCUT2D eigenvalue weighted by molar-refractivity contribution is 0.258. The molecule has 8 nitrogen and oxygen atoms in total. The standard InChI is InChI=1S/C84H132N2O6/c1-7-13-19-25-31-37-43-49-55-87-79-63-73-69-61-71-72(78(68-86)84(92-60-54-48-42-36-30-24-18-12-6)83(77(71)67-85)91-59-53-47-41-35-29-23-17-11-5)62-70(69)74-64-80(88-56-50-44-38-32-26-20-14-8-2)82(90-58-52-46-40-34-28-22-16-10-4)66-76(74)75(73)65-81(79)89-57-51-45-39-33-27-21-15-9-3/h61-66H,7-60H2,1-6H3. The highest BCUT2D eigenvalue weighted by Gasteiger charge is 2.26. The van der Waals surface area contributed by atoms with E-state index < -0.39 is 0 Å². The Morgan fingerprint density at radius 3 is 0.554 bits per heavy atom. The summed E-state index contributed by atoms with van der Waals surface area (Å²) < 4.78 is 41.3. The second-order valence-electron chi connectivity index (χ2n) is 27.2. The predicted molar refractivity (Wildman–Crippen MR) is 395 cm³/mol. The molecule has 0 aliphatic heterocycles. The van der Waals surface area contributed by atoms with Crippen molar-refractivity contribution in [2.45, 2.75) is 350 Å². The van der Waals surface area contributed by atoms with Gasteiger partial charge in [-0.1, -0.05) is 311 Å². The van der Waals surface area contributed by atoms with Gasteiger partial charge in [0.2, 0.25) is 0 Å². The summed E-state index contributed by atoms with van der Waals surface area (Å²) in [5.74, 6) is 3.80. The fraction of sp³-hybridized carbons (Fsp3) is 0.714. The Kier molecular flexibility index (Phi) is 42.5. The number of nitrogens with zero attached hydrogens (tertiary/aromatic N) is 2. The second kappa shape index (κ2) is 50.4. The summed E-state index contributed by atoms with van der Waals surface area (Å²) in [7, 11) is 0. The molecule has 5 aromatic rings. The van der Waals surface area contributed by atoms with E-state index in [1.807, 2.05) is 0 Å². The van der Waals surface area contributed by atoms with Crippen molar-refractivity contribution < 1.29 is 28.4 Å². The summed E-state index contributed by atoms with van der Waals surface area (Å²) in [6.07, 6.45) is 58.0. The monoisotopic (exact) mass is 1270 g/mol. The van der Waals surface area contributed by atoms with Gasteiger partial charge in [0, 0.05) is 10.8 Å². The Hall–Kier alpha value is -5.08. The van der Waals surface area contributed by atoms with Crippen LogP contribution in [0.2, 0.25) is 0 Å². The van der Waals surface area contributed by atoms with Crippen molar-refractivity contribution >= 4 is 43.1 Å². The van der Waals surface area contributed by atoms with Crippen molar-refractivity contribution in [2.75, 3.05) is 39.6 Å². The molecule has 0 aliphatic rings. The first-order chi connectivity index (χ1) is 45.5. The van der Waals surface area contributed by atoms with Gasteiger partial charge in [-0.2, -0.15) is 10.5 Å². The number of rotatable bonds is 60. The van der Waals surface area contributed by atoms with Gasteiger partial charge in [0.1, 0.15) is 23.3 Å². The first-order valence-corrected chi connectivity index (χ1v) is 39.1. The minimum Gasteiger partial charge on any atom is -0.490 e. The summed E-state index contributed by atoms with van der Waals surface area (Å²) in [5.41, 5.74) is 0.824. The van der Waals surface area contributed by atoms with Gasteiger partial charge in [-0.3, -0.25) is 0 Å². The minimum atomic E-state index is 0.393. The molecule has 0 unspecified atom stereocenters. The predicted octanol–water partition coefficient (Wildman–Crippen LogP) is 27.2. The molecule has 0 aromatic heterocycles. The molecule has 0 spiro atoms. The molecular formula is C84H132N2O6. The molecule has 0 heterocycles. The molecule has 0 fully saturated rings. The molecule has 92 heavy (non-hydrogen) atoms. The van der Waals surface area contributed by atoms with Gasteiger partial charge in [-0.05, 0) is 107 Å². The van der Waals surface area contributed by atoms with E-state index in [0.29, 0.717) is 73.0 Å². The van der Waals surface area contributed by atoms with Crippen LogP contribution in [0.25, 0.3) is 43.1 Å². The Balaban J connectivity index is 1.70. The van der Waals surface area contributed by atoms with Crippen molar-refractivity contribution in [2.24, 2.45) is 0 Å². The van der Waals surface area contributed by atoms with Crippen molar-refractivity contribution in [3.8, 4) is 46.6 Å². The van der Waals surface area contributed by atoms with Gasteiger partial charge >= 0.3 is 0 Å². The number of benzene rings is 5. The van der Waals surface area contributed by atoms with Crippen LogP contribution in [-0.4, -0.2) is 39.6 Å². The highest BCUT2D eigenvalue weighted by molar-refractivity contribution is 6.28. The quantitative estimate of drug-likeness (QED) is 0.0215. The van der Waals surface area contributed by atoms with Crippen molar-refractivity contribution in [1.82, 2.24) is 0 Å². The molecule has 0 N–H and O–H groups in total. The average molecular weight is 1270 g/mol. The Morgan fingerprint density at radius 2 is 0.370 bits per heavy atom. The van der Waals surface area contributed by atoms with Crippen molar-refractivity contribution in [3.63, 3.8) is 0 Å². The molecule has 0 bridgehead atoms. The summed E-state index contributed by atoms with van der Waals surface area (Å²) in [5, 5.41) is 30.4. The molecule has 0 aliphatic carbocycles. The molecule has 514 valence electrons. The Labute approximate surface area is 562 Å². The van der Waals surface area contributed by atoms with Crippen LogP contribution >= 0.6 is 0 Å². The van der Waals surface area contributed by atoms with E-state index in [0.717, 1.165) is 145 Å². The minimum absolute atomic E-state index is 0.393. The lowest BCUT2D eigenvalue weighted by atomic mass is 9.89. The highest BCUT2D eigenvalue weighted by Crippen LogP contribution is 2.49. The van der Waals surface area contributed by atoms with E-state index in [1.165, 1.54) is 218 Å². The van der Waals surface area contributed by atoms with Crippen molar-refractivity contribution in [3.05, 3.63) is 47.5 Å². The summed E-state index contributed by atoms with van der Waals surface area (Å²) >= 11 is 0. The summed E-state index contributed by atoms with van der Waals surface area (Å²) in [6, 6.07) is 18.5. The number of unbranched alkanes of at least 4 members (excludes halogenated alkanes) is 42. The van der Waals surface area contributed by atoms with Gasteiger partial charge < -0.3 is 28.4 Å². The van der Waals surface area contributed by atoms with E-state index in [9.17, 15) is 10.5 Å². The van der Waals surface area contributed by atoms with Crippen LogP contribution in [0.15, 0.2) is 36.4 Å². The lowest BCUT2D eigenvalue weighted by Crippen LogP contribution is -2.07. The first kappa shape index (κ1) is 77.6. The van der Waals surface area contributed by atoms with Gasteiger partial charge in [-0.25, -0.2) is 0 Å². The molecular weight excluding hydrogens is 1130 g/mol. The van der Waals surface area contributed by atoms with E-state index in [2.05, 4.69) is 90.1 Å². The van der Waals surface area contributed by atoms with Crippen LogP contribution in [0.1, 0.15) is 361 Å². The number of ether oxygens (including phenoxy) is 6. The number of hydrogen-bond donors (Lipinski definition) is 0. The Bertz CT molecular complexity index is 2640.